The van der Waals surface area contributed by atoms with E-state index in [4.69, 9.17) is 0 Å². The van der Waals surface area contributed by atoms with Crippen molar-refractivity contribution in [3.05, 3.63) is 0 Å². The molecule has 2 nitrogen and oxygen atoms in total. The molecule has 0 aromatic carbocycles. The van der Waals surface area contributed by atoms with Crippen LogP contribution in [0.2, 0.25) is 0 Å². The zero-order valence-corrected chi connectivity index (χ0v) is 16.9. The van der Waals surface area contributed by atoms with E-state index in [0.717, 1.165) is 37.5 Å². The Morgan fingerprint density at radius 1 is 1.12 bits per heavy atom. The minimum atomic E-state index is 0.189. The van der Waals surface area contributed by atoms with Crippen molar-refractivity contribution < 1.29 is 9.59 Å². The van der Waals surface area contributed by atoms with Crippen LogP contribution in [0.1, 0.15) is 72.1 Å². The summed E-state index contributed by atoms with van der Waals surface area (Å²) in [4.78, 5) is 24.8. The van der Waals surface area contributed by atoms with Gasteiger partial charge in [-0.25, -0.2) is 0 Å². The number of halogens is 1. The summed E-state index contributed by atoms with van der Waals surface area (Å²) in [5.41, 5.74) is 0.550. The molecule has 3 heteroatoms. The maximum absolute atomic E-state index is 12.3. The molecule has 0 aliphatic heterocycles. The largest absolute Gasteiger partial charge is 0.300 e. The molecular formula is C21H31BrO2. The Bertz CT molecular complexity index is 572. The van der Waals surface area contributed by atoms with Gasteiger partial charge in [-0.15, -0.1) is 0 Å². The van der Waals surface area contributed by atoms with Gasteiger partial charge in [-0.1, -0.05) is 29.8 Å². The number of hydrogen-bond acceptors (Lipinski definition) is 2. The van der Waals surface area contributed by atoms with Gasteiger partial charge in [0.05, 0.1) is 0 Å². The van der Waals surface area contributed by atoms with E-state index in [1.165, 1.54) is 25.7 Å². The third-order valence-electron chi connectivity index (χ3n) is 8.92. The van der Waals surface area contributed by atoms with Crippen molar-refractivity contribution in [3.63, 3.8) is 0 Å². The van der Waals surface area contributed by atoms with E-state index in [2.05, 4.69) is 29.8 Å². The molecule has 0 amide bonds. The first-order valence-electron chi connectivity index (χ1n) is 9.93. The average Bonchev–Trinajstić information content (AvgIpc) is 2.80. The van der Waals surface area contributed by atoms with Crippen LogP contribution in [0.4, 0.5) is 0 Å². The Balaban J connectivity index is 1.66. The molecule has 0 N–H and O–H groups in total. The Hall–Kier alpha value is -0.180. The lowest BCUT2D eigenvalue weighted by Gasteiger charge is -2.60. The number of carbonyl (C=O) groups excluding carboxylic acids is 2. The lowest BCUT2D eigenvalue weighted by molar-refractivity contribution is -0.142. The topological polar surface area (TPSA) is 34.1 Å². The Labute approximate surface area is 154 Å². The van der Waals surface area contributed by atoms with Gasteiger partial charge in [0.15, 0.2) is 0 Å². The number of hydrogen-bond donors (Lipinski definition) is 0. The molecule has 4 fully saturated rings. The van der Waals surface area contributed by atoms with E-state index in [1.54, 1.807) is 6.92 Å². The van der Waals surface area contributed by atoms with E-state index < -0.39 is 0 Å². The van der Waals surface area contributed by atoms with Crippen LogP contribution < -0.4 is 0 Å². The van der Waals surface area contributed by atoms with Crippen LogP contribution >= 0.6 is 15.9 Å². The van der Waals surface area contributed by atoms with Crippen LogP contribution in [-0.2, 0) is 9.59 Å². The lowest BCUT2D eigenvalue weighted by atomic mass is 9.44. The minimum Gasteiger partial charge on any atom is -0.300 e. The average molecular weight is 395 g/mol. The standard InChI is InChI=1S/C21H31BrO2/c1-12(23)17-11-18(22)19-15-5-4-13-10-14(24)6-8-20(13,2)16(15)7-9-21(17,19)3/h13,15-19H,4-11H2,1-3H3/t13?,15-,16+,17-,18?,19-,20+,21-/m1/s1. The van der Waals surface area contributed by atoms with E-state index in [9.17, 15) is 9.59 Å². The molecule has 8 atom stereocenters. The molecule has 0 aromatic rings. The molecular weight excluding hydrogens is 364 g/mol. The summed E-state index contributed by atoms with van der Waals surface area (Å²) in [5, 5.41) is 0. The second kappa shape index (κ2) is 5.66. The van der Waals surface area contributed by atoms with Crippen LogP contribution in [0.3, 0.4) is 0 Å². The van der Waals surface area contributed by atoms with E-state index in [-0.39, 0.29) is 11.3 Å². The molecule has 0 aromatic heterocycles. The summed E-state index contributed by atoms with van der Waals surface area (Å²) in [6.45, 7) is 6.69. The highest BCUT2D eigenvalue weighted by molar-refractivity contribution is 9.09. The third-order valence-corrected chi connectivity index (χ3v) is 9.86. The van der Waals surface area contributed by atoms with Crippen LogP contribution in [-0.4, -0.2) is 16.4 Å². The molecule has 0 heterocycles. The highest BCUT2D eigenvalue weighted by Crippen LogP contribution is 2.68. The number of carbonyl (C=O) groups is 2. The quantitative estimate of drug-likeness (QED) is 0.574. The van der Waals surface area contributed by atoms with Crippen molar-refractivity contribution in [1.82, 2.24) is 0 Å². The van der Waals surface area contributed by atoms with Gasteiger partial charge >= 0.3 is 0 Å². The number of fused-ring (bicyclic) bond motifs is 5. The molecule has 134 valence electrons. The van der Waals surface area contributed by atoms with Crippen molar-refractivity contribution in [3.8, 4) is 0 Å². The van der Waals surface area contributed by atoms with Crippen molar-refractivity contribution in [2.24, 2.45) is 40.4 Å². The summed E-state index contributed by atoms with van der Waals surface area (Å²) >= 11 is 3.99. The van der Waals surface area contributed by atoms with Crippen LogP contribution in [0.5, 0.6) is 0 Å². The van der Waals surface area contributed by atoms with Crippen molar-refractivity contribution >= 4 is 27.5 Å². The van der Waals surface area contributed by atoms with Gasteiger partial charge in [0.2, 0.25) is 0 Å². The summed E-state index contributed by atoms with van der Waals surface area (Å²) < 4.78 is 0. The number of rotatable bonds is 1. The fourth-order valence-corrected chi connectivity index (χ4v) is 9.05. The summed E-state index contributed by atoms with van der Waals surface area (Å²) in [6.07, 6.45) is 8.71. The van der Waals surface area contributed by atoms with Gasteiger partial charge in [-0.2, -0.15) is 0 Å². The molecule has 0 bridgehead atoms. The van der Waals surface area contributed by atoms with Gasteiger partial charge in [0.1, 0.15) is 11.6 Å². The number of Topliss-reactive ketones (excluding diaryl/α,β-unsaturated/α-hetero) is 2. The summed E-state index contributed by atoms with van der Waals surface area (Å²) in [7, 11) is 0. The van der Waals surface area contributed by atoms with Gasteiger partial charge in [0.25, 0.3) is 0 Å². The molecule has 24 heavy (non-hydrogen) atoms. The van der Waals surface area contributed by atoms with Crippen molar-refractivity contribution in [2.75, 3.05) is 0 Å². The van der Waals surface area contributed by atoms with Crippen LogP contribution in [0, 0.1) is 40.4 Å². The lowest BCUT2D eigenvalue weighted by Crippen LogP contribution is -2.54. The van der Waals surface area contributed by atoms with Gasteiger partial charge in [-0.05, 0) is 80.0 Å². The fourth-order valence-electron chi connectivity index (χ4n) is 7.68. The fraction of sp³-hybridized carbons (Fsp3) is 0.905. The van der Waals surface area contributed by atoms with Crippen molar-refractivity contribution in [2.45, 2.75) is 77.0 Å². The smallest absolute Gasteiger partial charge is 0.133 e. The Kier molecular flexibility index (Phi) is 4.07. The summed E-state index contributed by atoms with van der Waals surface area (Å²) in [5.74, 6) is 3.88. The maximum atomic E-state index is 12.3. The molecule has 0 radical (unpaired) electrons. The Morgan fingerprint density at radius 2 is 1.88 bits per heavy atom. The predicted octanol–water partition coefficient (Wildman–Crippen LogP) is 5.18. The second-order valence-corrected chi connectivity index (χ2v) is 11.0. The SMILES string of the molecule is CC(=O)[C@H]1CC(Br)[C@H]2[C@@H]3CCC4CC(=O)CC[C@]4(C)[C@H]3CC[C@]12C. The highest BCUT2D eigenvalue weighted by atomic mass is 79.9. The molecule has 0 saturated heterocycles. The number of ketones is 2. The predicted molar refractivity (Wildman–Crippen MR) is 99.0 cm³/mol. The van der Waals surface area contributed by atoms with Gasteiger partial charge < -0.3 is 0 Å². The molecule has 4 rings (SSSR count). The van der Waals surface area contributed by atoms with Crippen LogP contribution in [0.25, 0.3) is 0 Å². The zero-order valence-electron chi connectivity index (χ0n) is 15.3. The van der Waals surface area contributed by atoms with E-state index in [0.29, 0.717) is 33.6 Å². The molecule has 4 aliphatic rings. The highest BCUT2D eigenvalue weighted by Gasteiger charge is 2.63. The first-order chi connectivity index (χ1) is 11.3. The molecule has 4 saturated carbocycles. The molecule has 2 unspecified atom stereocenters. The van der Waals surface area contributed by atoms with Crippen LogP contribution in [0.15, 0.2) is 0 Å². The molecule has 4 aliphatic carbocycles. The zero-order chi connectivity index (χ0) is 17.3. The molecule has 0 spiro atoms. The Morgan fingerprint density at radius 3 is 2.58 bits per heavy atom. The first kappa shape index (κ1) is 17.2. The third kappa shape index (κ3) is 2.25. The normalized spacial score (nSPS) is 53.9. The second-order valence-electron chi connectivity index (χ2n) is 9.78. The van der Waals surface area contributed by atoms with Gasteiger partial charge in [0, 0.05) is 23.6 Å². The maximum Gasteiger partial charge on any atom is 0.133 e. The van der Waals surface area contributed by atoms with Gasteiger partial charge in [-0.3, -0.25) is 9.59 Å². The van der Waals surface area contributed by atoms with Crippen molar-refractivity contribution in [1.29, 1.82) is 0 Å². The van der Waals surface area contributed by atoms with E-state index in [1.807, 2.05) is 0 Å². The summed E-state index contributed by atoms with van der Waals surface area (Å²) in [6, 6.07) is 0. The monoisotopic (exact) mass is 394 g/mol. The first-order valence-corrected chi connectivity index (χ1v) is 10.8. The minimum absolute atomic E-state index is 0.189. The van der Waals surface area contributed by atoms with E-state index >= 15 is 0 Å². The number of alkyl halides is 1.